The number of aromatic carboxylic acids is 1. The number of aliphatic imine (C=N–C) groups is 1. The maximum absolute atomic E-state index is 10.9. The van der Waals surface area contributed by atoms with Crippen molar-refractivity contribution in [2.45, 2.75) is 19.4 Å². The number of carboxylic acid groups (broad SMARTS) is 1. The zero-order valence-corrected chi connectivity index (χ0v) is 12.5. The van der Waals surface area contributed by atoms with Crippen molar-refractivity contribution >= 4 is 11.9 Å². The monoisotopic (exact) mass is 295 g/mol. The molecule has 1 aliphatic heterocycles. The van der Waals surface area contributed by atoms with Crippen LogP contribution in [0.2, 0.25) is 0 Å². The Morgan fingerprint density at radius 1 is 1.09 bits per heavy atom. The summed E-state index contributed by atoms with van der Waals surface area (Å²) < 4.78 is 5.67. The molecular weight excluding hydrogens is 278 g/mol. The molecule has 1 heterocycles. The fourth-order valence-electron chi connectivity index (χ4n) is 2.37. The summed E-state index contributed by atoms with van der Waals surface area (Å²) in [7, 11) is 0. The number of rotatable bonds is 3. The SMILES string of the molecule is CC1(C)COC(c2cccc(-c3ccc(C(=O)O)cc3)c2)=N1. The number of hydrogen-bond donors (Lipinski definition) is 1. The summed E-state index contributed by atoms with van der Waals surface area (Å²) in [5.41, 5.74) is 3.00. The standard InChI is InChI=1S/C18H17NO3/c1-18(2)11-22-16(19-18)15-5-3-4-14(10-15)12-6-8-13(9-7-12)17(20)21/h3-10H,11H2,1-2H3,(H,20,21). The highest BCUT2D eigenvalue weighted by atomic mass is 16.5. The van der Waals surface area contributed by atoms with Gasteiger partial charge in [-0.2, -0.15) is 0 Å². The Balaban J connectivity index is 1.93. The van der Waals surface area contributed by atoms with Crippen molar-refractivity contribution in [2.24, 2.45) is 4.99 Å². The average Bonchev–Trinajstić information content (AvgIpc) is 2.88. The van der Waals surface area contributed by atoms with Crippen LogP contribution >= 0.6 is 0 Å². The summed E-state index contributed by atoms with van der Waals surface area (Å²) in [5.74, 6) is -0.259. The van der Waals surface area contributed by atoms with E-state index in [4.69, 9.17) is 9.84 Å². The number of nitrogens with zero attached hydrogens (tertiary/aromatic N) is 1. The molecule has 22 heavy (non-hydrogen) atoms. The van der Waals surface area contributed by atoms with E-state index in [9.17, 15) is 4.79 Å². The van der Waals surface area contributed by atoms with Crippen LogP contribution in [0.15, 0.2) is 53.5 Å². The minimum Gasteiger partial charge on any atom is -0.478 e. The predicted molar refractivity (Wildman–Crippen MR) is 85.4 cm³/mol. The normalized spacial score (nSPS) is 16.0. The van der Waals surface area contributed by atoms with Crippen molar-refractivity contribution in [2.75, 3.05) is 6.61 Å². The van der Waals surface area contributed by atoms with Gasteiger partial charge < -0.3 is 9.84 Å². The Morgan fingerprint density at radius 2 is 1.77 bits per heavy atom. The third-order valence-electron chi connectivity index (χ3n) is 3.54. The minimum atomic E-state index is -0.920. The lowest BCUT2D eigenvalue weighted by molar-refractivity contribution is 0.0697. The summed E-state index contributed by atoms with van der Waals surface area (Å²) in [5, 5.41) is 8.95. The fourth-order valence-corrected chi connectivity index (χ4v) is 2.37. The Labute approximate surface area is 129 Å². The van der Waals surface area contributed by atoms with Crippen LogP contribution in [0.1, 0.15) is 29.8 Å². The number of hydrogen-bond acceptors (Lipinski definition) is 3. The van der Waals surface area contributed by atoms with Gasteiger partial charge >= 0.3 is 5.97 Å². The second-order valence-electron chi connectivity index (χ2n) is 5.98. The van der Waals surface area contributed by atoms with Gasteiger partial charge in [-0.15, -0.1) is 0 Å². The first-order valence-electron chi connectivity index (χ1n) is 7.11. The minimum absolute atomic E-state index is 0.186. The van der Waals surface area contributed by atoms with Gasteiger partial charge in [0, 0.05) is 5.56 Å². The van der Waals surface area contributed by atoms with E-state index < -0.39 is 5.97 Å². The highest BCUT2D eigenvalue weighted by molar-refractivity contribution is 5.96. The van der Waals surface area contributed by atoms with Gasteiger partial charge in [-0.25, -0.2) is 9.79 Å². The van der Waals surface area contributed by atoms with E-state index >= 15 is 0 Å². The first-order chi connectivity index (χ1) is 10.4. The van der Waals surface area contributed by atoms with Crippen LogP contribution in [0.3, 0.4) is 0 Å². The fraction of sp³-hybridized carbons (Fsp3) is 0.222. The molecule has 0 amide bonds. The van der Waals surface area contributed by atoms with Crippen molar-refractivity contribution in [3.05, 3.63) is 59.7 Å². The topological polar surface area (TPSA) is 58.9 Å². The van der Waals surface area contributed by atoms with Gasteiger partial charge in [0.2, 0.25) is 5.90 Å². The average molecular weight is 295 g/mol. The first-order valence-corrected chi connectivity index (χ1v) is 7.11. The molecule has 1 aliphatic rings. The van der Waals surface area contributed by atoms with E-state index in [1.54, 1.807) is 12.1 Å². The largest absolute Gasteiger partial charge is 0.478 e. The van der Waals surface area contributed by atoms with Crippen LogP contribution in [0.4, 0.5) is 0 Å². The molecule has 0 atom stereocenters. The Bertz CT molecular complexity index is 745. The Morgan fingerprint density at radius 3 is 2.36 bits per heavy atom. The van der Waals surface area contributed by atoms with E-state index in [0.717, 1.165) is 16.7 Å². The van der Waals surface area contributed by atoms with Gasteiger partial charge in [0.05, 0.1) is 11.1 Å². The molecule has 0 bridgehead atoms. The zero-order valence-electron chi connectivity index (χ0n) is 12.5. The van der Waals surface area contributed by atoms with Gasteiger partial charge in [0.1, 0.15) is 6.61 Å². The van der Waals surface area contributed by atoms with E-state index in [2.05, 4.69) is 4.99 Å². The number of carbonyl (C=O) groups is 1. The summed E-state index contributed by atoms with van der Waals surface area (Å²) >= 11 is 0. The molecule has 0 unspecified atom stereocenters. The lowest BCUT2D eigenvalue weighted by Gasteiger charge is -2.07. The van der Waals surface area contributed by atoms with Crippen LogP contribution in [0.25, 0.3) is 11.1 Å². The summed E-state index contributed by atoms with van der Waals surface area (Å²) in [4.78, 5) is 15.5. The summed E-state index contributed by atoms with van der Waals surface area (Å²) in [6.07, 6.45) is 0. The molecule has 3 rings (SSSR count). The van der Waals surface area contributed by atoms with Crippen LogP contribution in [0.5, 0.6) is 0 Å². The van der Waals surface area contributed by atoms with Crippen molar-refractivity contribution in [3.63, 3.8) is 0 Å². The lowest BCUT2D eigenvalue weighted by Crippen LogP contribution is -2.17. The van der Waals surface area contributed by atoms with Gasteiger partial charge in [-0.3, -0.25) is 0 Å². The van der Waals surface area contributed by atoms with Gasteiger partial charge in [0.15, 0.2) is 0 Å². The molecule has 0 spiro atoms. The third kappa shape index (κ3) is 2.86. The van der Waals surface area contributed by atoms with Crippen LogP contribution < -0.4 is 0 Å². The van der Waals surface area contributed by atoms with Crippen LogP contribution in [-0.4, -0.2) is 29.1 Å². The van der Waals surface area contributed by atoms with Crippen molar-refractivity contribution in [1.82, 2.24) is 0 Å². The van der Waals surface area contributed by atoms with E-state index in [0.29, 0.717) is 12.5 Å². The van der Waals surface area contributed by atoms with Crippen LogP contribution in [-0.2, 0) is 4.74 Å². The zero-order chi connectivity index (χ0) is 15.7. The Kier molecular flexibility index (Phi) is 3.45. The van der Waals surface area contributed by atoms with E-state index in [1.807, 2.05) is 50.2 Å². The molecule has 112 valence electrons. The molecule has 0 saturated heterocycles. The number of ether oxygens (including phenoxy) is 1. The van der Waals surface area contributed by atoms with Crippen LogP contribution in [0, 0.1) is 0 Å². The summed E-state index contributed by atoms with van der Waals surface area (Å²) in [6, 6.07) is 14.7. The lowest BCUT2D eigenvalue weighted by atomic mass is 10.0. The molecule has 4 heteroatoms. The first kappa shape index (κ1) is 14.3. The van der Waals surface area contributed by atoms with Gasteiger partial charge in [-0.1, -0.05) is 24.3 Å². The molecule has 4 nitrogen and oxygen atoms in total. The van der Waals surface area contributed by atoms with Crippen molar-refractivity contribution in [1.29, 1.82) is 0 Å². The maximum atomic E-state index is 10.9. The molecule has 0 fully saturated rings. The van der Waals surface area contributed by atoms with Crippen molar-refractivity contribution < 1.29 is 14.6 Å². The van der Waals surface area contributed by atoms with Gasteiger partial charge in [-0.05, 0) is 49.2 Å². The smallest absolute Gasteiger partial charge is 0.335 e. The number of benzene rings is 2. The predicted octanol–water partition coefficient (Wildman–Crippen LogP) is 3.61. The second kappa shape index (κ2) is 5.30. The molecular formula is C18H17NO3. The molecule has 0 saturated carbocycles. The molecule has 0 aliphatic carbocycles. The molecule has 2 aromatic carbocycles. The van der Waals surface area contributed by atoms with E-state index in [-0.39, 0.29) is 11.1 Å². The highest BCUT2D eigenvalue weighted by Crippen LogP contribution is 2.25. The van der Waals surface area contributed by atoms with Gasteiger partial charge in [0.25, 0.3) is 0 Å². The third-order valence-corrected chi connectivity index (χ3v) is 3.54. The van der Waals surface area contributed by atoms with E-state index in [1.165, 1.54) is 0 Å². The molecule has 2 aromatic rings. The number of carboxylic acids is 1. The Hall–Kier alpha value is -2.62. The highest BCUT2D eigenvalue weighted by Gasteiger charge is 2.27. The molecule has 1 N–H and O–H groups in total. The summed E-state index contributed by atoms with van der Waals surface area (Å²) in [6.45, 7) is 4.66. The molecule has 0 aromatic heterocycles. The maximum Gasteiger partial charge on any atom is 0.335 e. The molecule has 0 radical (unpaired) electrons. The quantitative estimate of drug-likeness (QED) is 0.941. The second-order valence-corrected chi connectivity index (χ2v) is 5.98. The van der Waals surface area contributed by atoms with Crippen molar-refractivity contribution in [3.8, 4) is 11.1 Å².